The molecule has 1 nitrogen and oxygen atoms in total. The Labute approximate surface area is 142 Å². The highest BCUT2D eigenvalue weighted by molar-refractivity contribution is 5.20. The van der Waals surface area contributed by atoms with Gasteiger partial charge in [0.2, 0.25) is 0 Å². The molecule has 0 heterocycles. The predicted molar refractivity (Wildman–Crippen MR) is 96.1 cm³/mol. The lowest BCUT2D eigenvalue weighted by molar-refractivity contribution is -0.0995. The van der Waals surface area contributed by atoms with E-state index < -0.39 is 0 Å². The number of fused-ring (bicyclic) bond motifs is 5. The van der Waals surface area contributed by atoms with E-state index in [4.69, 9.17) is 0 Å². The Morgan fingerprint density at radius 3 is 2.52 bits per heavy atom. The summed E-state index contributed by atoms with van der Waals surface area (Å²) in [4.78, 5) is 0. The molecule has 130 valence electrons. The van der Waals surface area contributed by atoms with Gasteiger partial charge in [0.15, 0.2) is 0 Å². The van der Waals surface area contributed by atoms with Crippen LogP contribution in [0.5, 0.6) is 0 Å². The van der Waals surface area contributed by atoms with Gasteiger partial charge in [-0.1, -0.05) is 18.6 Å². The lowest BCUT2D eigenvalue weighted by Crippen LogP contribution is -2.52. The number of aliphatic hydroxyl groups is 1. The van der Waals surface area contributed by atoms with Gasteiger partial charge in [0.25, 0.3) is 0 Å². The van der Waals surface area contributed by atoms with Crippen molar-refractivity contribution < 1.29 is 5.11 Å². The number of allylic oxidation sites excluding steroid dienone is 2. The van der Waals surface area contributed by atoms with Crippen molar-refractivity contribution in [3.8, 4) is 0 Å². The van der Waals surface area contributed by atoms with E-state index in [1.807, 2.05) is 0 Å². The third kappa shape index (κ3) is 2.53. The highest BCUT2D eigenvalue weighted by Gasteiger charge is 2.54. The van der Waals surface area contributed by atoms with E-state index in [1.165, 1.54) is 51.4 Å². The summed E-state index contributed by atoms with van der Waals surface area (Å²) in [5.41, 5.74) is 1.92. The molecule has 0 saturated heterocycles. The highest BCUT2D eigenvalue weighted by Crippen LogP contribution is 2.63. The molecule has 0 aromatic rings. The van der Waals surface area contributed by atoms with Gasteiger partial charge in [0, 0.05) is 0 Å². The maximum absolute atomic E-state index is 10.5. The zero-order valence-electron chi connectivity index (χ0n) is 15.5. The summed E-state index contributed by atoms with van der Waals surface area (Å²) < 4.78 is 0. The number of hydrogen-bond donors (Lipinski definition) is 1. The van der Waals surface area contributed by atoms with Crippen LogP contribution >= 0.6 is 0 Å². The SMILES string of the molecule is C/C=C1\CCC[C@H]2[C@@H]3CC[C@@H]4C[C@](C)(O)CC[C@@H]4[C@H]3CC[C@]12C. The largest absolute Gasteiger partial charge is 0.390 e. The number of rotatable bonds is 0. The molecule has 0 radical (unpaired) electrons. The van der Waals surface area contributed by atoms with Crippen molar-refractivity contribution in [1.82, 2.24) is 0 Å². The van der Waals surface area contributed by atoms with Gasteiger partial charge < -0.3 is 5.11 Å². The molecule has 0 spiro atoms. The normalized spacial score (nSPS) is 55.0. The van der Waals surface area contributed by atoms with Crippen molar-refractivity contribution in [3.63, 3.8) is 0 Å². The lowest BCUT2D eigenvalue weighted by atomic mass is 9.46. The highest BCUT2D eigenvalue weighted by atomic mass is 16.3. The Balaban J connectivity index is 1.58. The minimum atomic E-state index is -0.375. The molecule has 1 heteroatoms. The topological polar surface area (TPSA) is 20.2 Å². The second-order valence-corrected chi connectivity index (χ2v) is 9.84. The van der Waals surface area contributed by atoms with Crippen LogP contribution in [0, 0.1) is 35.0 Å². The van der Waals surface area contributed by atoms with Gasteiger partial charge in [-0.25, -0.2) is 0 Å². The Morgan fingerprint density at radius 1 is 0.957 bits per heavy atom. The van der Waals surface area contributed by atoms with Gasteiger partial charge in [-0.2, -0.15) is 0 Å². The van der Waals surface area contributed by atoms with Gasteiger partial charge in [0.05, 0.1) is 5.60 Å². The first-order valence-electron chi connectivity index (χ1n) is 10.3. The summed E-state index contributed by atoms with van der Waals surface area (Å²) >= 11 is 0. The van der Waals surface area contributed by atoms with Crippen LogP contribution in [0.25, 0.3) is 0 Å². The molecule has 4 rings (SSSR count). The maximum Gasteiger partial charge on any atom is 0.0622 e. The van der Waals surface area contributed by atoms with Crippen LogP contribution < -0.4 is 0 Å². The van der Waals surface area contributed by atoms with Gasteiger partial charge >= 0.3 is 0 Å². The van der Waals surface area contributed by atoms with Crippen LogP contribution in [-0.4, -0.2) is 10.7 Å². The summed E-state index contributed by atoms with van der Waals surface area (Å²) in [6.45, 7) is 6.95. The first-order valence-corrected chi connectivity index (χ1v) is 10.3. The molecule has 0 aromatic heterocycles. The van der Waals surface area contributed by atoms with Crippen LogP contribution in [0.15, 0.2) is 11.6 Å². The van der Waals surface area contributed by atoms with Crippen LogP contribution in [-0.2, 0) is 0 Å². The summed E-state index contributed by atoms with van der Waals surface area (Å²) in [6, 6.07) is 0. The smallest absolute Gasteiger partial charge is 0.0622 e. The number of hydrogen-bond acceptors (Lipinski definition) is 1. The van der Waals surface area contributed by atoms with Gasteiger partial charge in [-0.15, -0.1) is 0 Å². The van der Waals surface area contributed by atoms with E-state index in [0.29, 0.717) is 5.41 Å². The molecule has 4 aliphatic rings. The third-order valence-corrected chi connectivity index (χ3v) is 8.67. The lowest BCUT2D eigenvalue weighted by Gasteiger charge is -2.59. The molecule has 4 fully saturated rings. The molecule has 23 heavy (non-hydrogen) atoms. The van der Waals surface area contributed by atoms with Crippen molar-refractivity contribution in [2.24, 2.45) is 35.0 Å². The molecular formula is C22H36O. The second kappa shape index (κ2) is 5.61. The quantitative estimate of drug-likeness (QED) is 0.566. The van der Waals surface area contributed by atoms with Crippen molar-refractivity contribution in [1.29, 1.82) is 0 Å². The van der Waals surface area contributed by atoms with Crippen LogP contribution in [0.2, 0.25) is 0 Å². The molecule has 1 N–H and O–H groups in total. The van der Waals surface area contributed by atoms with Crippen molar-refractivity contribution in [2.75, 3.05) is 0 Å². The van der Waals surface area contributed by atoms with Crippen molar-refractivity contribution >= 4 is 0 Å². The molecule has 0 aliphatic heterocycles. The van der Waals surface area contributed by atoms with E-state index in [9.17, 15) is 5.11 Å². The van der Waals surface area contributed by atoms with E-state index in [1.54, 1.807) is 5.57 Å². The molecule has 0 unspecified atom stereocenters. The molecule has 7 atom stereocenters. The fraction of sp³-hybridized carbons (Fsp3) is 0.909. The summed E-state index contributed by atoms with van der Waals surface area (Å²) in [6.07, 6.45) is 15.8. The zero-order chi connectivity index (χ0) is 16.2. The zero-order valence-corrected chi connectivity index (χ0v) is 15.5. The minimum absolute atomic E-state index is 0.375. The second-order valence-electron chi connectivity index (χ2n) is 9.84. The van der Waals surface area contributed by atoms with Gasteiger partial charge in [-0.05, 0) is 113 Å². The van der Waals surface area contributed by atoms with Gasteiger partial charge in [0.1, 0.15) is 0 Å². The van der Waals surface area contributed by atoms with Crippen molar-refractivity contribution in [3.05, 3.63) is 11.6 Å². The Morgan fingerprint density at radius 2 is 1.74 bits per heavy atom. The molecule has 0 bridgehead atoms. The van der Waals surface area contributed by atoms with Crippen LogP contribution in [0.1, 0.15) is 85.0 Å². The third-order valence-electron chi connectivity index (χ3n) is 8.67. The van der Waals surface area contributed by atoms with Crippen LogP contribution in [0.4, 0.5) is 0 Å². The van der Waals surface area contributed by atoms with Crippen molar-refractivity contribution in [2.45, 2.75) is 90.6 Å². The predicted octanol–water partition coefficient (Wildman–Crippen LogP) is 5.73. The molecule has 0 amide bonds. The van der Waals surface area contributed by atoms with E-state index in [2.05, 4.69) is 26.8 Å². The summed E-state index contributed by atoms with van der Waals surface area (Å²) in [5, 5.41) is 10.5. The summed E-state index contributed by atoms with van der Waals surface area (Å²) in [5.74, 6) is 4.64. The molecule has 4 aliphatic carbocycles. The molecular weight excluding hydrogens is 280 g/mol. The molecule has 0 aromatic carbocycles. The fourth-order valence-electron chi connectivity index (χ4n) is 7.61. The monoisotopic (exact) mass is 316 g/mol. The first kappa shape index (κ1) is 16.2. The average Bonchev–Trinajstić information content (AvgIpc) is 2.52. The molecule has 4 saturated carbocycles. The fourth-order valence-corrected chi connectivity index (χ4v) is 7.61. The van der Waals surface area contributed by atoms with E-state index in [0.717, 1.165) is 42.4 Å². The van der Waals surface area contributed by atoms with Crippen LogP contribution in [0.3, 0.4) is 0 Å². The maximum atomic E-state index is 10.5. The summed E-state index contributed by atoms with van der Waals surface area (Å²) in [7, 11) is 0. The first-order chi connectivity index (χ1) is 10.9. The Bertz CT molecular complexity index is 490. The average molecular weight is 317 g/mol. The van der Waals surface area contributed by atoms with E-state index in [-0.39, 0.29) is 5.60 Å². The minimum Gasteiger partial charge on any atom is -0.390 e. The van der Waals surface area contributed by atoms with E-state index >= 15 is 0 Å². The standard InChI is InChI=1S/C22H36O/c1-4-16-6-5-7-20-19-9-8-15-14-21(2,23)12-10-17(15)18(19)11-13-22(16,20)3/h4,15,17-20,23H,5-14H2,1-3H3/b16-4+/t15-,17+,18-,19-,20+,21-,22-/m1/s1. The Hall–Kier alpha value is -0.300. The van der Waals surface area contributed by atoms with Gasteiger partial charge in [-0.3, -0.25) is 0 Å². The Kier molecular flexibility index (Phi) is 3.95.